The van der Waals surface area contributed by atoms with E-state index in [0.29, 0.717) is 25.4 Å². The molecule has 6 nitrogen and oxygen atoms in total. The number of halogens is 1. The Balaban J connectivity index is 1.83. The van der Waals surface area contributed by atoms with Gasteiger partial charge in [0.2, 0.25) is 5.91 Å². The van der Waals surface area contributed by atoms with Crippen molar-refractivity contribution < 1.29 is 4.79 Å². The van der Waals surface area contributed by atoms with Crippen molar-refractivity contribution in [2.75, 3.05) is 11.9 Å². The fraction of sp³-hybridized carbons (Fsp3) is 0.615. The third-order valence-corrected chi connectivity index (χ3v) is 4.02. The first-order valence-electron chi connectivity index (χ1n) is 6.95. The van der Waals surface area contributed by atoms with Crippen molar-refractivity contribution in [3.63, 3.8) is 0 Å². The van der Waals surface area contributed by atoms with Crippen LogP contribution in [0.2, 0.25) is 5.02 Å². The Hall–Kier alpha value is -1.56. The van der Waals surface area contributed by atoms with E-state index in [4.69, 9.17) is 11.6 Å². The molecule has 2 aliphatic rings. The summed E-state index contributed by atoms with van der Waals surface area (Å²) in [5.74, 6) is 0.462. The molecule has 1 unspecified atom stereocenters. The molecule has 1 atom stereocenters. The van der Waals surface area contributed by atoms with Crippen molar-refractivity contribution in [3.05, 3.63) is 21.6 Å². The summed E-state index contributed by atoms with van der Waals surface area (Å²) < 4.78 is 1.44. The van der Waals surface area contributed by atoms with E-state index in [9.17, 15) is 9.59 Å². The van der Waals surface area contributed by atoms with E-state index in [1.165, 1.54) is 10.9 Å². The predicted molar refractivity (Wildman–Crippen MR) is 75.9 cm³/mol. The molecule has 2 N–H and O–H groups in total. The van der Waals surface area contributed by atoms with Crippen LogP contribution in [0.25, 0.3) is 0 Å². The van der Waals surface area contributed by atoms with E-state index >= 15 is 0 Å². The highest BCUT2D eigenvalue weighted by Gasteiger charge is 2.26. The van der Waals surface area contributed by atoms with Crippen molar-refractivity contribution in [1.29, 1.82) is 0 Å². The van der Waals surface area contributed by atoms with Crippen LogP contribution in [0.3, 0.4) is 0 Å². The Morgan fingerprint density at radius 1 is 1.40 bits per heavy atom. The lowest BCUT2D eigenvalue weighted by atomic mass is 10.1. The second kappa shape index (κ2) is 5.44. The van der Waals surface area contributed by atoms with Crippen molar-refractivity contribution in [2.24, 2.45) is 5.92 Å². The van der Waals surface area contributed by atoms with Gasteiger partial charge in [-0.25, -0.2) is 4.68 Å². The monoisotopic (exact) mass is 296 g/mol. The molecular weight excluding hydrogens is 280 g/mol. The van der Waals surface area contributed by atoms with Crippen molar-refractivity contribution >= 4 is 23.2 Å². The average Bonchev–Trinajstić information content (AvgIpc) is 3.24. The Labute approximate surface area is 121 Å². The minimum absolute atomic E-state index is 0.0859. The molecule has 2 heterocycles. The number of piperidine rings is 1. The highest BCUT2D eigenvalue weighted by Crippen LogP contribution is 2.30. The largest absolute Gasteiger partial charge is 0.368 e. The highest BCUT2D eigenvalue weighted by molar-refractivity contribution is 6.33. The maximum absolute atomic E-state index is 12.4. The Morgan fingerprint density at radius 3 is 2.90 bits per heavy atom. The summed E-state index contributed by atoms with van der Waals surface area (Å²) >= 11 is 6.05. The summed E-state index contributed by atoms with van der Waals surface area (Å²) in [6.07, 6.45) is 5.35. The fourth-order valence-electron chi connectivity index (χ4n) is 2.36. The molecule has 1 aromatic rings. The Kier molecular flexibility index (Phi) is 3.65. The molecule has 20 heavy (non-hydrogen) atoms. The molecule has 1 amide bonds. The lowest BCUT2D eigenvalue weighted by molar-refractivity contribution is -0.123. The van der Waals surface area contributed by atoms with Gasteiger partial charge in [-0.05, 0) is 31.6 Å². The topological polar surface area (TPSA) is 76.0 Å². The van der Waals surface area contributed by atoms with E-state index in [1.807, 2.05) is 0 Å². The number of amides is 1. The van der Waals surface area contributed by atoms with Gasteiger partial charge in [-0.2, -0.15) is 5.10 Å². The first kappa shape index (κ1) is 13.4. The molecule has 1 saturated heterocycles. The molecule has 108 valence electrons. The van der Waals surface area contributed by atoms with Gasteiger partial charge in [-0.3, -0.25) is 9.59 Å². The summed E-state index contributed by atoms with van der Waals surface area (Å²) in [4.78, 5) is 24.1. The van der Waals surface area contributed by atoms with Crippen LogP contribution in [-0.4, -0.2) is 28.3 Å². The third kappa shape index (κ3) is 2.80. The maximum Gasteiger partial charge on any atom is 0.291 e. The smallest absolute Gasteiger partial charge is 0.291 e. The summed E-state index contributed by atoms with van der Waals surface area (Å²) in [5.41, 5.74) is 0.0344. The lowest BCUT2D eigenvalue weighted by Crippen LogP contribution is -2.45. The van der Waals surface area contributed by atoms with Crippen LogP contribution in [-0.2, 0) is 11.3 Å². The number of hydrogen-bond donors (Lipinski definition) is 2. The second-order valence-electron chi connectivity index (χ2n) is 5.43. The van der Waals surface area contributed by atoms with Gasteiger partial charge in [0.1, 0.15) is 11.7 Å². The van der Waals surface area contributed by atoms with Gasteiger partial charge < -0.3 is 10.6 Å². The molecule has 1 aromatic heterocycles. The number of rotatable bonds is 4. The van der Waals surface area contributed by atoms with Gasteiger partial charge in [0.25, 0.3) is 5.56 Å². The molecule has 0 aromatic carbocycles. The molecule has 3 rings (SSSR count). The van der Waals surface area contributed by atoms with Gasteiger partial charge in [0, 0.05) is 13.1 Å². The van der Waals surface area contributed by atoms with E-state index in [0.717, 1.165) is 19.3 Å². The first-order chi connectivity index (χ1) is 9.65. The SMILES string of the molecule is O=C1NCCCC1Nc1c(Cl)cnn(CC2CC2)c1=O. The van der Waals surface area contributed by atoms with E-state index < -0.39 is 6.04 Å². The first-order valence-corrected chi connectivity index (χ1v) is 7.33. The number of nitrogens with one attached hydrogen (secondary N) is 2. The number of carbonyl (C=O) groups excluding carboxylic acids is 1. The summed E-state index contributed by atoms with van der Waals surface area (Å²) in [6, 6.07) is -0.397. The maximum atomic E-state index is 12.4. The van der Waals surface area contributed by atoms with Crippen molar-refractivity contribution in [3.8, 4) is 0 Å². The molecule has 7 heteroatoms. The van der Waals surface area contributed by atoms with Gasteiger partial charge in [-0.1, -0.05) is 11.6 Å². The van der Waals surface area contributed by atoms with E-state index in [1.54, 1.807) is 0 Å². The molecule has 1 aliphatic carbocycles. The molecule has 2 fully saturated rings. The average molecular weight is 297 g/mol. The van der Waals surface area contributed by atoms with E-state index in [-0.39, 0.29) is 22.2 Å². The van der Waals surface area contributed by atoms with Gasteiger partial charge in [0.05, 0.1) is 11.2 Å². The summed E-state index contributed by atoms with van der Waals surface area (Å²) in [5, 5.41) is 10.1. The third-order valence-electron chi connectivity index (χ3n) is 3.73. The zero-order valence-corrected chi connectivity index (χ0v) is 11.8. The van der Waals surface area contributed by atoms with Gasteiger partial charge >= 0.3 is 0 Å². The standard InChI is InChI=1S/C13H17ClN4O2/c14-9-6-16-18(7-8-3-4-8)13(20)11(9)17-10-2-1-5-15-12(10)19/h6,8,10,17H,1-5,7H2,(H,15,19). The van der Waals surface area contributed by atoms with Crippen LogP contribution >= 0.6 is 11.6 Å². The summed E-state index contributed by atoms with van der Waals surface area (Å²) in [6.45, 7) is 1.31. The molecule has 1 aliphatic heterocycles. The molecule has 0 radical (unpaired) electrons. The quantitative estimate of drug-likeness (QED) is 0.869. The van der Waals surface area contributed by atoms with Crippen LogP contribution in [0.4, 0.5) is 5.69 Å². The molecular formula is C13H17ClN4O2. The van der Waals surface area contributed by atoms with Crippen molar-refractivity contribution in [1.82, 2.24) is 15.1 Å². The number of anilines is 1. The number of aromatic nitrogens is 2. The second-order valence-corrected chi connectivity index (χ2v) is 5.84. The van der Waals surface area contributed by atoms with Crippen LogP contribution < -0.4 is 16.2 Å². The number of hydrogen-bond acceptors (Lipinski definition) is 4. The predicted octanol–water partition coefficient (Wildman–Crippen LogP) is 0.997. The van der Waals surface area contributed by atoms with Crippen molar-refractivity contribution in [2.45, 2.75) is 38.3 Å². The fourth-order valence-corrected chi connectivity index (χ4v) is 2.54. The van der Waals surface area contributed by atoms with Crippen LogP contribution in [0.1, 0.15) is 25.7 Å². The van der Waals surface area contributed by atoms with Gasteiger partial charge in [0.15, 0.2) is 0 Å². The minimum Gasteiger partial charge on any atom is -0.368 e. The number of nitrogens with zero attached hydrogens (tertiary/aromatic N) is 2. The highest BCUT2D eigenvalue weighted by atomic mass is 35.5. The normalized spacial score (nSPS) is 22.4. The number of carbonyl (C=O) groups is 1. The molecule has 0 spiro atoms. The Bertz CT molecular complexity index is 582. The lowest BCUT2D eigenvalue weighted by Gasteiger charge is -2.23. The molecule has 0 bridgehead atoms. The zero-order valence-electron chi connectivity index (χ0n) is 11.1. The van der Waals surface area contributed by atoms with Crippen LogP contribution in [0.15, 0.2) is 11.0 Å². The molecule has 1 saturated carbocycles. The minimum atomic E-state index is -0.397. The van der Waals surface area contributed by atoms with Gasteiger partial charge in [-0.15, -0.1) is 0 Å². The van der Waals surface area contributed by atoms with Crippen LogP contribution in [0, 0.1) is 5.92 Å². The van der Waals surface area contributed by atoms with E-state index in [2.05, 4.69) is 15.7 Å². The van der Waals surface area contributed by atoms with Crippen LogP contribution in [0.5, 0.6) is 0 Å². The summed E-state index contributed by atoms with van der Waals surface area (Å²) in [7, 11) is 0. The zero-order chi connectivity index (χ0) is 14.1. The Morgan fingerprint density at radius 2 is 2.20 bits per heavy atom.